The van der Waals surface area contributed by atoms with Gasteiger partial charge in [0.05, 0.1) is 10.5 Å². The number of carbonyl (C=O) groups excluding carboxylic acids is 1. The summed E-state index contributed by atoms with van der Waals surface area (Å²) in [4.78, 5) is 15.2. The number of rotatable bonds is 4. The van der Waals surface area contributed by atoms with Crippen LogP contribution in [-0.4, -0.2) is 21.1 Å². The van der Waals surface area contributed by atoms with Crippen LogP contribution < -0.4 is 5.32 Å². The summed E-state index contributed by atoms with van der Waals surface area (Å²) < 4.78 is 0. The highest BCUT2D eigenvalue weighted by atomic mass is 35.5. The Bertz CT molecular complexity index is 795. The molecular weight excluding hydrogens is 308 g/mol. The van der Waals surface area contributed by atoms with E-state index in [4.69, 9.17) is 11.6 Å². The van der Waals surface area contributed by atoms with Gasteiger partial charge in [-0.15, -0.1) is 10.2 Å². The first-order valence-corrected chi connectivity index (χ1v) is 7.78. The highest BCUT2D eigenvalue weighted by molar-refractivity contribution is 7.15. The van der Waals surface area contributed by atoms with Crippen LogP contribution in [0.5, 0.6) is 0 Å². The maximum absolute atomic E-state index is 12.2. The molecule has 108 valence electrons. The number of fused-ring (bicyclic) bond motifs is 1. The van der Waals surface area contributed by atoms with Crippen molar-refractivity contribution >= 4 is 44.9 Å². The van der Waals surface area contributed by atoms with E-state index < -0.39 is 0 Å². The molecule has 2 heterocycles. The lowest BCUT2D eigenvalue weighted by molar-refractivity contribution is 0.102. The van der Waals surface area contributed by atoms with Crippen molar-refractivity contribution in [3.63, 3.8) is 0 Å². The van der Waals surface area contributed by atoms with Crippen molar-refractivity contribution in [1.82, 2.24) is 15.2 Å². The quantitative estimate of drug-likeness (QED) is 0.766. The van der Waals surface area contributed by atoms with E-state index in [1.807, 2.05) is 12.1 Å². The topological polar surface area (TPSA) is 70.7 Å². The van der Waals surface area contributed by atoms with Crippen molar-refractivity contribution in [2.45, 2.75) is 19.8 Å². The summed E-state index contributed by atoms with van der Waals surface area (Å²) >= 11 is 7.49. The van der Waals surface area contributed by atoms with E-state index in [1.165, 1.54) is 11.3 Å². The molecule has 3 rings (SSSR count). The normalized spacial score (nSPS) is 11.0. The Morgan fingerprint density at radius 3 is 3.05 bits per heavy atom. The van der Waals surface area contributed by atoms with Gasteiger partial charge in [0.2, 0.25) is 5.13 Å². The van der Waals surface area contributed by atoms with Crippen LogP contribution in [0.1, 0.15) is 28.8 Å². The Labute approximate surface area is 130 Å². The minimum Gasteiger partial charge on any atom is -0.349 e. The van der Waals surface area contributed by atoms with Gasteiger partial charge < -0.3 is 4.98 Å². The number of halogens is 1. The molecular formula is C14H13ClN4OS. The number of nitrogens with zero attached hydrogens (tertiary/aromatic N) is 2. The number of benzene rings is 1. The summed E-state index contributed by atoms with van der Waals surface area (Å²) in [6.45, 7) is 2.08. The van der Waals surface area contributed by atoms with Gasteiger partial charge in [-0.25, -0.2) is 0 Å². The van der Waals surface area contributed by atoms with Gasteiger partial charge in [0.1, 0.15) is 10.7 Å². The minimum atomic E-state index is -0.249. The van der Waals surface area contributed by atoms with Crippen molar-refractivity contribution in [2.75, 3.05) is 5.32 Å². The second kappa shape index (κ2) is 5.83. The van der Waals surface area contributed by atoms with E-state index >= 15 is 0 Å². The molecule has 0 saturated heterocycles. The zero-order chi connectivity index (χ0) is 14.8. The molecule has 0 aliphatic heterocycles. The molecule has 5 nitrogen and oxygen atoms in total. The van der Waals surface area contributed by atoms with Crippen molar-refractivity contribution in [3.8, 4) is 0 Å². The van der Waals surface area contributed by atoms with E-state index in [9.17, 15) is 4.79 Å². The number of para-hydroxylation sites is 1. The summed E-state index contributed by atoms with van der Waals surface area (Å²) in [6, 6.07) is 7.30. The molecule has 0 saturated carbocycles. The first kappa shape index (κ1) is 14.0. The van der Waals surface area contributed by atoms with E-state index in [-0.39, 0.29) is 5.91 Å². The molecule has 0 unspecified atom stereocenters. The number of H-pyrrole nitrogens is 1. The third kappa shape index (κ3) is 2.91. The molecule has 0 fully saturated rings. The summed E-state index contributed by atoms with van der Waals surface area (Å²) in [6.07, 6.45) is 1.87. The number of amides is 1. The van der Waals surface area contributed by atoms with Gasteiger partial charge >= 0.3 is 0 Å². The van der Waals surface area contributed by atoms with Crippen molar-refractivity contribution < 1.29 is 4.79 Å². The van der Waals surface area contributed by atoms with Crippen LogP contribution >= 0.6 is 22.9 Å². The summed E-state index contributed by atoms with van der Waals surface area (Å²) in [7, 11) is 0. The van der Waals surface area contributed by atoms with Gasteiger partial charge in [-0.3, -0.25) is 10.1 Å². The van der Waals surface area contributed by atoms with Crippen LogP contribution in [0.25, 0.3) is 10.9 Å². The number of hydrogen-bond donors (Lipinski definition) is 2. The Balaban J connectivity index is 1.81. The van der Waals surface area contributed by atoms with Crippen LogP contribution in [0.15, 0.2) is 24.3 Å². The molecule has 1 aromatic carbocycles. The van der Waals surface area contributed by atoms with E-state index in [1.54, 1.807) is 12.1 Å². The fourth-order valence-electron chi connectivity index (χ4n) is 2.03. The first-order chi connectivity index (χ1) is 10.2. The zero-order valence-corrected chi connectivity index (χ0v) is 12.9. The minimum absolute atomic E-state index is 0.249. The van der Waals surface area contributed by atoms with Gasteiger partial charge in [0, 0.05) is 11.8 Å². The summed E-state index contributed by atoms with van der Waals surface area (Å²) in [5.41, 5.74) is 1.21. The van der Waals surface area contributed by atoms with Gasteiger partial charge in [0.25, 0.3) is 5.91 Å². The van der Waals surface area contributed by atoms with Crippen LogP contribution in [0.3, 0.4) is 0 Å². The van der Waals surface area contributed by atoms with Gasteiger partial charge in [-0.1, -0.05) is 42.0 Å². The molecule has 0 spiro atoms. The van der Waals surface area contributed by atoms with Crippen LogP contribution in [-0.2, 0) is 6.42 Å². The molecule has 0 bridgehead atoms. The molecule has 0 aliphatic carbocycles. The van der Waals surface area contributed by atoms with Crippen LogP contribution in [0.4, 0.5) is 5.13 Å². The Kier molecular flexibility index (Phi) is 3.90. The van der Waals surface area contributed by atoms with Crippen molar-refractivity contribution in [1.29, 1.82) is 0 Å². The van der Waals surface area contributed by atoms with Gasteiger partial charge in [-0.05, 0) is 18.6 Å². The number of carbonyl (C=O) groups is 1. The zero-order valence-electron chi connectivity index (χ0n) is 11.3. The maximum atomic E-state index is 12.2. The number of aromatic nitrogens is 3. The molecule has 3 aromatic rings. The average molecular weight is 321 g/mol. The monoisotopic (exact) mass is 320 g/mol. The second-order valence-electron chi connectivity index (χ2n) is 4.59. The lowest BCUT2D eigenvalue weighted by atomic mass is 10.2. The van der Waals surface area contributed by atoms with Gasteiger partial charge in [-0.2, -0.15) is 0 Å². The predicted molar refractivity (Wildman–Crippen MR) is 85.2 cm³/mol. The molecule has 21 heavy (non-hydrogen) atoms. The summed E-state index contributed by atoms with van der Waals surface area (Å²) in [5, 5.41) is 13.7. The number of hydrogen-bond acceptors (Lipinski definition) is 4. The number of nitrogens with one attached hydrogen (secondary N) is 2. The maximum Gasteiger partial charge on any atom is 0.273 e. The second-order valence-corrected chi connectivity index (χ2v) is 6.06. The smallest absolute Gasteiger partial charge is 0.273 e. The first-order valence-electron chi connectivity index (χ1n) is 6.58. The molecule has 2 N–H and O–H groups in total. The average Bonchev–Trinajstić information content (AvgIpc) is 3.07. The van der Waals surface area contributed by atoms with Gasteiger partial charge in [0.15, 0.2) is 0 Å². The van der Waals surface area contributed by atoms with Crippen LogP contribution in [0, 0.1) is 0 Å². The van der Waals surface area contributed by atoms with Crippen LogP contribution in [0.2, 0.25) is 5.02 Å². The Hall–Kier alpha value is -1.92. The van der Waals surface area contributed by atoms with E-state index in [0.717, 1.165) is 28.8 Å². The fraction of sp³-hybridized carbons (Fsp3) is 0.214. The molecule has 1 amide bonds. The molecule has 2 aromatic heterocycles. The van der Waals surface area contributed by atoms with E-state index in [2.05, 4.69) is 27.4 Å². The molecule has 0 atom stereocenters. The highest BCUT2D eigenvalue weighted by Gasteiger charge is 2.13. The Morgan fingerprint density at radius 2 is 2.29 bits per heavy atom. The standard InChI is InChI=1S/C14H13ClN4OS/c1-2-4-11-18-19-14(21-11)17-13(20)10-7-8-5-3-6-9(15)12(8)16-10/h3,5-7,16H,2,4H2,1H3,(H,17,19,20). The number of aromatic amines is 1. The number of anilines is 1. The SMILES string of the molecule is CCCc1nnc(NC(=O)c2cc3cccc(Cl)c3[nH]2)s1. The molecule has 0 radical (unpaired) electrons. The third-order valence-corrected chi connectivity index (χ3v) is 4.21. The summed E-state index contributed by atoms with van der Waals surface area (Å²) in [5.74, 6) is -0.249. The lowest BCUT2D eigenvalue weighted by Gasteiger charge is -1.97. The predicted octanol–water partition coefficient (Wildman–Crippen LogP) is 3.88. The molecule has 7 heteroatoms. The fourth-order valence-corrected chi connectivity index (χ4v) is 3.09. The third-order valence-electron chi connectivity index (χ3n) is 3.00. The molecule has 0 aliphatic rings. The Morgan fingerprint density at radius 1 is 1.43 bits per heavy atom. The lowest BCUT2D eigenvalue weighted by Crippen LogP contribution is -2.11. The van der Waals surface area contributed by atoms with Crippen molar-refractivity contribution in [3.05, 3.63) is 40.0 Å². The number of aryl methyl sites for hydroxylation is 1. The van der Waals surface area contributed by atoms with Crippen molar-refractivity contribution in [2.24, 2.45) is 0 Å². The largest absolute Gasteiger partial charge is 0.349 e. The highest BCUT2D eigenvalue weighted by Crippen LogP contribution is 2.24. The van der Waals surface area contributed by atoms with E-state index in [0.29, 0.717) is 15.8 Å².